The maximum atomic E-state index is 11.2. The third-order valence-electron chi connectivity index (χ3n) is 4.02. The number of nitrogens with zero attached hydrogens (tertiary/aromatic N) is 1. The number of esters is 2. The van der Waals surface area contributed by atoms with Crippen LogP contribution in [0.4, 0.5) is 5.69 Å². The van der Waals surface area contributed by atoms with E-state index in [1.807, 2.05) is 12.1 Å². The number of amides is 2. The number of imide groups is 1. The fraction of sp³-hybridized carbons (Fsp3) is 0.222. The summed E-state index contributed by atoms with van der Waals surface area (Å²) in [7, 11) is 0. The van der Waals surface area contributed by atoms with Crippen LogP contribution in [0, 0.1) is 11.8 Å². The molecular formula is C18H15NO5. The Hall–Kier alpha value is -3.02. The molecule has 6 heteroatoms. The number of fused-ring (bicyclic) bond motifs is 1. The van der Waals surface area contributed by atoms with Gasteiger partial charge in [0.15, 0.2) is 0 Å². The molecule has 0 saturated carbocycles. The molecule has 1 aromatic carbocycles. The fourth-order valence-electron chi connectivity index (χ4n) is 2.81. The van der Waals surface area contributed by atoms with Crippen LogP contribution in [0.2, 0.25) is 0 Å². The number of benzene rings is 1. The topological polar surface area (TPSA) is 80.8 Å². The van der Waals surface area contributed by atoms with Gasteiger partial charge in [0.1, 0.15) is 0 Å². The summed E-state index contributed by atoms with van der Waals surface area (Å²) in [4.78, 5) is 45.4. The number of hydrogen-bond donors (Lipinski definition) is 0. The van der Waals surface area contributed by atoms with Gasteiger partial charge in [-0.1, -0.05) is 30.4 Å². The molecule has 0 radical (unpaired) electrons. The molecule has 2 amide bonds. The predicted octanol–water partition coefficient (Wildman–Crippen LogP) is 1.77. The zero-order chi connectivity index (χ0) is 17.1. The first-order valence-corrected chi connectivity index (χ1v) is 7.61. The van der Waals surface area contributed by atoms with Crippen LogP contribution in [0.15, 0.2) is 54.6 Å². The number of para-hydroxylation sites is 1. The van der Waals surface area contributed by atoms with Gasteiger partial charge in [-0.15, -0.1) is 0 Å². The molecule has 6 nitrogen and oxygen atoms in total. The normalized spacial score (nSPS) is 24.6. The number of ether oxygens (including phenoxy) is 1. The molecule has 2 unspecified atom stereocenters. The highest BCUT2D eigenvalue weighted by molar-refractivity contribution is 6.28. The number of anilines is 1. The van der Waals surface area contributed by atoms with Crippen molar-refractivity contribution in [1.29, 1.82) is 0 Å². The summed E-state index contributed by atoms with van der Waals surface area (Å²) in [6.45, 7) is 0. The summed E-state index contributed by atoms with van der Waals surface area (Å²) in [5.74, 6) is -1.75. The minimum absolute atomic E-state index is 0.188. The highest BCUT2D eigenvalue weighted by Crippen LogP contribution is 2.32. The summed E-state index contributed by atoms with van der Waals surface area (Å²) in [5.41, 5.74) is 0.613. The van der Waals surface area contributed by atoms with E-state index in [1.54, 1.807) is 30.3 Å². The van der Waals surface area contributed by atoms with Crippen LogP contribution in [-0.2, 0) is 23.9 Å². The molecule has 0 aromatic heterocycles. The summed E-state index contributed by atoms with van der Waals surface area (Å²) in [6, 6.07) is 8.86. The molecular weight excluding hydrogens is 310 g/mol. The number of carbonyl (C=O) groups excluding carboxylic acids is 4. The molecule has 1 saturated heterocycles. The lowest BCUT2D eigenvalue weighted by molar-refractivity contribution is -0.153. The number of hydrogen-bond acceptors (Lipinski definition) is 5. The van der Waals surface area contributed by atoms with Crippen molar-refractivity contribution in [3.63, 3.8) is 0 Å². The van der Waals surface area contributed by atoms with Gasteiger partial charge in [-0.2, -0.15) is 0 Å². The monoisotopic (exact) mass is 325 g/mol. The van der Waals surface area contributed by atoms with Gasteiger partial charge in [-0.3, -0.25) is 19.2 Å². The van der Waals surface area contributed by atoms with Crippen molar-refractivity contribution >= 4 is 29.4 Å². The van der Waals surface area contributed by atoms with Gasteiger partial charge < -0.3 is 4.74 Å². The zero-order valence-corrected chi connectivity index (χ0v) is 12.8. The van der Waals surface area contributed by atoms with Crippen LogP contribution in [0.5, 0.6) is 0 Å². The van der Waals surface area contributed by atoms with Crippen molar-refractivity contribution in [3.8, 4) is 0 Å². The third kappa shape index (κ3) is 3.03. The van der Waals surface area contributed by atoms with E-state index in [9.17, 15) is 19.2 Å². The quantitative estimate of drug-likeness (QED) is 0.340. The molecule has 0 spiro atoms. The zero-order valence-electron chi connectivity index (χ0n) is 12.8. The van der Waals surface area contributed by atoms with Crippen molar-refractivity contribution < 1.29 is 23.9 Å². The Labute approximate surface area is 138 Å². The Morgan fingerprint density at radius 1 is 0.917 bits per heavy atom. The smallest absolute Gasteiger partial charge is 0.321 e. The average Bonchev–Trinajstić information content (AvgIpc) is 3.09. The van der Waals surface area contributed by atoms with Gasteiger partial charge in [-0.25, -0.2) is 4.90 Å². The molecule has 24 heavy (non-hydrogen) atoms. The van der Waals surface area contributed by atoms with E-state index >= 15 is 0 Å². The van der Waals surface area contributed by atoms with Crippen molar-refractivity contribution in [1.82, 2.24) is 0 Å². The molecule has 0 N–H and O–H groups in total. The average molecular weight is 325 g/mol. The van der Waals surface area contributed by atoms with Crippen LogP contribution >= 0.6 is 0 Å². The summed E-state index contributed by atoms with van der Waals surface area (Å²) in [5, 5.41) is 0. The van der Waals surface area contributed by atoms with Gasteiger partial charge in [0.2, 0.25) is 0 Å². The second-order valence-corrected chi connectivity index (χ2v) is 5.56. The van der Waals surface area contributed by atoms with Crippen LogP contribution in [0.25, 0.3) is 0 Å². The minimum atomic E-state index is -0.379. The van der Waals surface area contributed by atoms with Crippen LogP contribution in [-0.4, -0.2) is 23.8 Å². The molecule has 1 aliphatic carbocycles. The van der Waals surface area contributed by atoms with Crippen LogP contribution in [0.1, 0.15) is 12.8 Å². The number of cyclic esters (lactones) is 2. The van der Waals surface area contributed by atoms with E-state index in [0.29, 0.717) is 5.69 Å². The lowest BCUT2D eigenvalue weighted by Gasteiger charge is -2.12. The first-order chi connectivity index (χ1) is 11.6. The molecule has 2 aliphatic heterocycles. The Kier molecular flexibility index (Phi) is 4.37. The molecule has 3 aliphatic rings. The van der Waals surface area contributed by atoms with E-state index in [4.69, 9.17) is 0 Å². The van der Waals surface area contributed by atoms with E-state index in [-0.39, 0.29) is 35.6 Å². The Bertz CT molecular complexity index is 732. The van der Waals surface area contributed by atoms with E-state index in [1.165, 1.54) is 12.2 Å². The summed E-state index contributed by atoms with van der Waals surface area (Å²) < 4.78 is 4.48. The molecule has 2 atom stereocenters. The number of carbonyl (C=O) groups is 4. The van der Waals surface area contributed by atoms with Crippen LogP contribution in [0.3, 0.4) is 0 Å². The van der Waals surface area contributed by atoms with Gasteiger partial charge in [-0.05, 0) is 25.0 Å². The first kappa shape index (κ1) is 15.9. The molecule has 1 fully saturated rings. The largest absolute Gasteiger partial charge is 0.392 e. The van der Waals surface area contributed by atoms with Crippen LogP contribution < -0.4 is 4.90 Å². The first-order valence-electron chi connectivity index (χ1n) is 7.61. The summed E-state index contributed by atoms with van der Waals surface area (Å²) in [6.07, 6.45) is 7.89. The van der Waals surface area contributed by atoms with E-state index < -0.39 is 0 Å². The highest BCUT2D eigenvalue weighted by atomic mass is 16.6. The maximum absolute atomic E-state index is 11.2. The molecule has 0 bridgehead atoms. The molecule has 122 valence electrons. The predicted molar refractivity (Wildman–Crippen MR) is 84.5 cm³/mol. The SMILES string of the molecule is O=C1C=CC(=O)N1c1ccccc1.O=C1OC(=O)C2CCC=CC12. The third-order valence-corrected chi connectivity index (χ3v) is 4.02. The summed E-state index contributed by atoms with van der Waals surface area (Å²) >= 11 is 0. The van der Waals surface area contributed by atoms with Gasteiger partial charge in [0.05, 0.1) is 17.5 Å². The lowest BCUT2D eigenvalue weighted by atomic mass is 9.86. The van der Waals surface area contributed by atoms with E-state index in [0.717, 1.165) is 17.7 Å². The maximum Gasteiger partial charge on any atom is 0.321 e. The Morgan fingerprint density at radius 2 is 1.58 bits per heavy atom. The Morgan fingerprint density at radius 3 is 2.21 bits per heavy atom. The van der Waals surface area contributed by atoms with Crippen molar-refractivity contribution in [2.45, 2.75) is 12.8 Å². The second kappa shape index (κ2) is 6.62. The van der Waals surface area contributed by atoms with Crippen molar-refractivity contribution in [3.05, 3.63) is 54.6 Å². The minimum Gasteiger partial charge on any atom is -0.392 e. The van der Waals surface area contributed by atoms with Gasteiger partial charge in [0, 0.05) is 12.2 Å². The van der Waals surface area contributed by atoms with Gasteiger partial charge in [0.25, 0.3) is 11.8 Å². The van der Waals surface area contributed by atoms with Crippen molar-refractivity contribution in [2.24, 2.45) is 11.8 Å². The fourth-order valence-corrected chi connectivity index (χ4v) is 2.81. The molecule has 1 aromatic rings. The standard InChI is InChI=1S/C10H7NO2.C8H8O3/c12-9-6-7-10(13)11(9)8-4-2-1-3-5-8;9-7-5-3-1-2-4-6(5)8(10)11-7/h1-7H;1,3,5-6H,2,4H2. The number of rotatable bonds is 1. The second-order valence-electron chi connectivity index (χ2n) is 5.56. The molecule has 4 rings (SSSR count). The van der Waals surface area contributed by atoms with Crippen molar-refractivity contribution in [2.75, 3.05) is 4.90 Å². The van der Waals surface area contributed by atoms with E-state index in [2.05, 4.69) is 4.74 Å². The molecule has 2 heterocycles. The highest BCUT2D eigenvalue weighted by Gasteiger charge is 2.43. The lowest BCUT2D eigenvalue weighted by Crippen LogP contribution is -2.29. The van der Waals surface area contributed by atoms with Gasteiger partial charge >= 0.3 is 11.9 Å². The Balaban J connectivity index is 0.000000143. The number of allylic oxidation sites excluding steroid dienone is 1.